The number of carbonyl (C=O) groups is 1. The summed E-state index contributed by atoms with van der Waals surface area (Å²) in [4.78, 5) is 9.77. The van der Waals surface area contributed by atoms with Gasteiger partial charge >= 0.3 is 10.3 Å². The maximum atomic E-state index is 10.0. The van der Waals surface area contributed by atoms with Gasteiger partial charge < -0.3 is 0 Å². The molecule has 0 aliphatic heterocycles. The van der Waals surface area contributed by atoms with Crippen molar-refractivity contribution in [1.82, 2.24) is 4.31 Å². The zero-order valence-electron chi connectivity index (χ0n) is 4.81. The van der Waals surface area contributed by atoms with E-state index in [1.807, 2.05) is 0 Å². The van der Waals surface area contributed by atoms with E-state index in [-0.39, 0.29) is 17.3 Å². The number of amides is 1. The molecular weight excluding hydrogens is 146 g/mol. The number of nitrogens with zero attached hydrogens (tertiary/aromatic N) is 1. The molecule has 9 heavy (non-hydrogen) atoms. The van der Waals surface area contributed by atoms with Crippen molar-refractivity contribution < 1.29 is 17.8 Å². The van der Waals surface area contributed by atoms with Crippen LogP contribution in [0.1, 0.15) is 6.92 Å². The maximum absolute atomic E-state index is 10.0. The third-order valence-corrected chi connectivity index (χ3v) is 1.66. The molecule has 1 amide bonds. The van der Waals surface area contributed by atoms with Crippen molar-refractivity contribution in [3.05, 3.63) is 0 Å². The van der Waals surface area contributed by atoms with Gasteiger partial charge in [0, 0.05) is 6.54 Å². The van der Waals surface area contributed by atoms with Gasteiger partial charge in [-0.25, -0.2) is 4.31 Å². The highest BCUT2D eigenvalue weighted by molar-refractivity contribution is 7.83. The first kappa shape index (κ1) is 8.38. The van der Waals surface area contributed by atoms with Gasteiger partial charge in [0.1, 0.15) is 0 Å². The molecule has 0 unspecified atom stereocenters. The fourth-order valence-electron chi connectivity index (χ4n) is 0.292. The molecule has 0 aromatic carbocycles. The van der Waals surface area contributed by atoms with Crippen LogP contribution in [-0.4, -0.2) is 30.2 Å². The van der Waals surface area contributed by atoms with Crippen LogP contribution in [0.4, 0.5) is 0 Å². The Hall–Kier alpha value is -0.620. The van der Waals surface area contributed by atoms with Crippen LogP contribution in [-0.2, 0) is 15.1 Å². The Balaban J connectivity index is 4.32. The molecule has 0 spiro atoms. The Morgan fingerprint density at radius 1 is 1.67 bits per heavy atom. The van der Waals surface area contributed by atoms with Crippen LogP contribution >= 0.6 is 0 Å². The predicted molar refractivity (Wildman–Crippen MR) is 30.0 cm³/mol. The molecule has 0 fully saturated rings. The van der Waals surface area contributed by atoms with E-state index in [0.717, 1.165) is 0 Å². The lowest BCUT2D eigenvalue weighted by atomic mass is 10.8. The summed E-state index contributed by atoms with van der Waals surface area (Å²) in [6, 6.07) is 0. The van der Waals surface area contributed by atoms with Crippen molar-refractivity contribution in [2.45, 2.75) is 6.92 Å². The SMILES string of the molecule is CCN(C=O)S(=O)(=O)O. The van der Waals surface area contributed by atoms with Gasteiger partial charge in [-0.15, -0.1) is 0 Å². The van der Waals surface area contributed by atoms with Crippen LogP contribution in [0.2, 0.25) is 0 Å². The molecule has 5 nitrogen and oxygen atoms in total. The third-order valence-electron chi connectivity index (χ3n) is 0.726. The average Bonchev–Trinajstić information content (AvgIpc) is 1.65. The first-order chi connectivity index (χ1) is 4.02. The van der Waals surface area contributed by atoms with E-state index in [2.05, 4.69) is 0 Å². The van der Waals surface area contributed by atoms with E-state index in [9.17, 15) is 13.2 Å². The quantitative estimate of drug-likeness (QED) is 0.428. The molecule has 0 rings (SSSR count). The molecule has 0 saturated carbocycles. The van der Waals surface area contributed by atoms with Gasteiger partial charge in [0.15, 0.2) is 0 Å². The van der Waals surface area contributed by atoms with Gasteiger partial charge in [-0.2, -0.15) is 8.42 Å². The minimum atomic E-state index is -4.30. The molecule has 0 heterocycles. The number of hydrogen-bond acceptors (Lipinski definition) is 3. The second kappa shape index (κ2) is 2.79. The van der Waals surface area contributed by atoms with Gasteiger partial charge in [-0.1, -0.05) is 0 Å². The Morgan fingerprint density at radius 2 is 2.11 bits per heavy atom. The summed E-state index contributed by atoms with van der Waals surface area (Å²) >= 11 is 0. The van der Waals surface area contributed by atoms with Crippen LogP contribution in [0.15, 0.2) is 0 Å². The summed E-state index contributed by atoms with van der Waals surface area (Å²) < 4.78 is 28.5. The molecule has 0 atom stereocenters. The zero-order chi connectivity index (χ0) is 7.49. The van der Waals surface area contributed by atoms with E-state index in [0.29, 0.717) is 0 Å². The van der Waals surface area contributed by atoms with Crippen molar-refractivity contribution >= 4 is 16.7 Å². The molecule has 6 heteroatoms. The van der Waals surface area contributed by atoms with E-state index < -0.39 is 10.3 Å². The summed E-state index contributed by atoms with van der Waals surface area (Å²) in [6.45, 7) is 1.38. The van der Waals surface area contributed by atoms with Crippen LogP contribution in [0.3, 0.4) is 0 Å². The van der Waals surface area contributed by atoms with Gasteiger partial charge in [-0.3, -0.25) is 9.35 Å². The lowest BCUT2D eigenvalue weighted by Crippen LogP contribution is -2.28. The van der Waals surface area contributed by atoms with Crippen LogP contribution in [0.25, 0.3) is 0 Å². The molecule has 0 saturated heterocycles. The molecule has 0 aromatic rings. The van der Waals surface area contributed by atoms with Crippen molar-refractivity contribution in [2.75, 3.05) is 6.54 Å². The molecule has 0 bridgehead atoms. The van der Waals surface area contributed by atoms with E-state index >= 15 is 0 Å². The van der Waals surface area contributed by atoms with E-state index in [1.54, 1.807) is 0 Å². The topological polar surface area (TPSA) is 74.7 Å². The molecule has 0 aliphatic carbocycles. The fourth-order valence-corrected chi connectivity index (χ4v) is 0.727. The summed E-state index contributed by atoms with van der Waals surface area (Å²) in [5, 5.41) is 0. The van der Waals surface area contributed by atoms with Crippen molar-refractivity contribution in [3.8, 4) is 0 Å². The summed E-state index contributed by atoms with van der Waals surface area (Å²) in [5.41, 5.74) is 0. The van der Waals surface area contributed by atoms with Crippen molar-refractivity contribution in [1.29, 1.82) is 0 Å². The van der Waals surface area contributed by atoms with Crippen LogP contribution in [0.5, 0.6) is 0 Å². The third kappa shape index (κ3) is 2.43. The average molecular weight is 153 g/mol. The lowest BCUT2D eigenvalue weighted by molar-refractivity contribution is -0.114. The highest BCUT2D eigenvalue weighted by Gasteiger charge is 2.12. The van der Waals surface area contributed by atoms with Crippen molar-refractivity contribution in [2.24, 2.45) is 0 Å². The van der Waals surface area contributed by atoms with Gasteiger partial charge in [0.05, 0.1) is 0 Å². The second-order valence-corrected chi connectivity index (χ2v) is 2.65. The Morgan fingerprint density at radius 3 is 2.11 bits per heavy atom. The Labute approximate surface area is 53.2 Å². The van der Waals surface area contributed by atoms with Crippen molar-refractivity contribution in [3.63, 3.8) is 0 Å². The van der Waals surface area contributed by atoms with Crippen LogP contribution in [0, 0.1) is 0 Å². The molecule has 54 valence electrons. The van der Waals surface area contributed by atoms with Gasteiger partial charge in [0.2, 0.25) is 6.41 Å². The first-order valence-corrected chi connectivity index (χ1v) is 3.61. The molecule has 0 aromatic heterocycles. The fraction of sp³-hybridized carbons (Fsp3) is 0.667. The molecule has 0 aliphatic rings. The number of rotatable bonds is 3. The maximum Gasteiger partial charge on any atom is 0.361 e. The molecule has 1 N–H and O–H groups in total. The second-order valence-electron chi connectivity index (χ2n) is 1.29. The monoisotopic (exact) mass is 153 g/mol. The summed E-state index contributed by atoms with van der Waals surface area (Å²) in [7, 11) is -4.30. The predicted octanol–water partition coefficient (Wildman–Crippen LogP) is -0.732. The largest absolute Gasteiger partial charge is 0.361 e. The highest BCUT2D eigenvalue weighted by atomic mass is 32.2. The van der Waals surface area contributed by atoms with Gasteiger partial charge in [-0.05, 0) is 6.92 Å². The molecular formula is C3H7NO4S. The number of hydrogen-bond donors (Lipinski definition) is 1. The van der Waals surface area contributed by atoms with E-state index in [4.69, 9.17) is 4.55 Å². The normalized spacial score (nSPS) is 10.9. The lowest BCUT2D eigenvalue weighted by Gasteiger charge is -2.07. The van der Waals surface area contributed by atoms with E-state index in [1.165, 1.54) is 6.92 Å². The standard InChI is InChI=1S/C3H7NO4S/c1-2-4(3-5)9(6,7)8/h3H,2H2,1H3,(H,6,7,8). The Kier molecular flexibility index (Phi) is 2.60. The smallest absolute Gasteiger partial charge is 0.278 e. The zero-order valence-corrected chi connectivity index (χ0v) is 5.63. The summed E-state index contributed by atoms with van der Waals surface area (Å²) in [6.07, 6.45) is 0.0509. The Bertz CT molecular complexity index is 184. The first-order valence-electron chi connectivity index (χ1n) is 2.22. The number of carbonyl (C=O) groups excluding carboxylic acids is 1. The molecule has 0 radical (unpaired) electrons. The van der Waals surface area contributed by atoms with Gasteiger partial charge in [0.25, 0.3) is 0 Å². The van der Waals surface area contributed by atoms with Crippen LogP contribution < -0.4 is 0 Å². The minimum Gasteiger partial charge on any atom is -0.278 e. The summed E-state index contributed by atoms with van der Waals surface area (Å²) in [5.74, 6) is 0. The minimum absolute atomic E-state index is 0.0509. The highest BCUT2D eigenvalue weighted by Crippen LogP contribution is 1.89.